The highest BCUT2D eigenvalue weighted by atomic mass is 16.5. The molecule has 0 unspecified atom stereocenters. The highest BCUT2D eigenvalue weighted by Gasteiger charge is 2.11. The smallest absolute Gasteiger partial charge is 0.134 e. The van der Waals surface area contributed by atoms with Crippen molar-refractivity contribution in [2.24, 2.45) is 0 Å². The summed E-state index contributed by atoms with van der Waals surface area (Å²) in [5.41, 5.74) is 0. The van der Waals surface area contributed by atoms with Crippen LogP contribution in [-0.2, 0) is 9.53 Å². The number of Topliss-reactive ketones (excluding diaryl/α,β-unsaturated/α-hetero) is 1. The average Bonchev–Trinajstić information content (AvgIpc) is 2.17. The summed E-state index contributed by atoms with van der Waals surface area (Å²) in [5.74, 6) is 0.397. The lowest BCUT2D eigenvalue weighted by Gasteiger charge is -2.26. The van der Waals surface area contributed by atoms with Gasteiger partial charge in [0, 0.05) is 32.5 Å². The predicted octanol–water partition coefficient (Wildman–Crippen LogP) is 1.08. The molecule has 0 saturated carbocycles. The molecule has 76 valence electrons. The van der Waals surface area contributed by atoms with Gasteiger partial charge in [-0.05, 0) is 6.42 Å². The van der Waals surface area contributed by atoms with Gasteiger partial charge in [0.05, 0.1) is 13.2 Å². The van der Waals surface area contributed by atoms with Crippen molar-refractivity contribution in [1.29, 1.82) is 0 Å². The number of ketones is 1. The molecule has 3 heteroatoms. The Kier molecular flexibility index (Phi) is 5.01. The molecule has 13 heavy (non-hydrogen) atoms. The maximum atomic E-state index is 11.2. The molecular formula is C10H19NO2. The Bertz CT molecular complexity index is 153. The Morgan fingerprint density at radius 1 is 1.31 bits per heavy atom. The third-order valence-electron chi connectivity index (χ3n) is 2.34. The SMILES string of the molecule is CCCC(=O)CCN1CCOCC1. The van der Waals surface area contributed by atoms with E-state index in [1.54, 1.807) is 0 Å². The second-order valence-electron chi connectivity index (χ2n) is 3.49. The van der Waals surface area contributed by atoms with Crippen molar-refractivity contribution in [3.8, 4) is 0 Å². The molecule has 1 aliphatic rings. The normalized spacial score (nSPS) is 18.8. The van der Waals surface area contributed by atoms with E-state index >= 15 is 0 Å². The van der Waals surface area contributed by atoms with E-state index in [-0.39, 0.29) is 0 Å². The molecule has 0 aromatic heterocycles. The Hall–Kier alpha value is -0.410. The first-order valence-corrected chi connectivity index (χ1v) is 5.14. The summed E-state index contributed by atoms with van der Waals surface area (Å²) >= 11 is 0. The van der Waals surface area contributed by atoms with Gasteiger partial charge < -0.3 is 4.74 Å². The van der Waals surface area contributed by atoms with E-state index in [4.69, 9.17) is 4.74 Å². The summed E-state index contributed by atoms with van der Waals surface area (Å²) in [6.07, 6.45) is 2.43. The first kappa shape index (κ1) is 10.7. The summed E-state index contributed by atoms with van der Waals surface area (Å²) in [5, 5.41) is 0. The minimum atomic E-state index is 0.397. The van der Waals surface area contributed by atoms with Crippen LogP contribution in [0.4, 0.5) is 0 Å². The van der Waals surface area contributed by atoms with E-state index in [0.29, 0.717) is 12.2 Å². The monoisotopic (exact) mass is 185 g/mol. The van der Waals surface area contributed by atoms with Gasteiger partial charge >= 0.3 is 0 Å². The van der Waals surface area contributed by atoms with Gasteiger partial charge in [0.25, 0.3) is 0 Å². The molecule has 0 radical (unpaired) electrons. The fourth-order valence-electron chi connectivity index (χ4n) is 1.51. The summed E-state index contributed by atoms with van der Waals surface area (Å²) in [6.45, 7) is 6.58. The molecule has 0 atom stereocenters. The summed E-state index contributed by atoms with van der Waals surface area (Å²) < 4.78 is 5.23. The summed E-state index contributed by atoms with van der Waals surface area (Å²) in [6, 6.07) is 0. The van der Waals surface area contributed by atoms with Crippen LogP contribution in [0.15, 0.2) is 0 Å². The number of rotatable bonds is 5. The highest BCUT2D eigenvalue weighted by Crippen LogP contribution is 2.00. The third-order valence-corrected chi connectivity index (χ3v) is 2.34. The third kappa shape index (κ3) is 4.39. The molecule has 0 N–H and O–H groups in total. The Morgan fingerprint density at radius 3 is 2.62 bits per heavy atom. The van der Waals surface area contributed by atoms with E-state index in [2.05, 4.69) is 4.90 Å². The standard InChI is InChI=1S/C10H19NO2/c1-2-3-10(12)4-5-11-6-8-13-9-7-11/h2-9H2,1H3. The Balaban J connectivity index is 2.06. The zero-order valence-electron chi connectivity index (χ0n) is 8.42. The van der Waals surface area contributed by atoms with E-state index in [1.165, 1.54) is 0 Å². The number of carbonyl (C=O) groups is 1. The maximum Gasteiger partial charge on any atom is 0.134 e. The van der Waals surface area contributed by atoms with Crippen molar-refractivity contribution in [3.63, 3.8) is 0 Å². The van der Waals surface area contributed by atoms with Gasteiger partial charge in [-0.25, -0.2) is 0 Å². The largest absolute Gasteiger partial charge is 0.379 e. The van der Waals surface area contributed by atoms with Gasteiger partial charge in [0.1, 0.15) is 5.78 Å². The second kappa shape index (κ2) is 6.11. The number of hydrogen-bond acceptors (Lipinski definition) is 3. The molecule has 0 bridgehead atoms. The quantitative estimate of drug-likeness (QED) is 0.642. The summed E-state index contributed by atoms with van der Waals surface area (Å²) in [7, 11) is 0. The van der Waals surface area contributed by atoms with Crippen LogP contribution >= 0.6 is 0 Å². The average molecular weight is 185 g/mol. The molecule has 1 aliphatic heterocycles. The maximum absolute atomic E-state index is 11.2. The van der Waals surface area contributed by atoms with E-state index in [9.17, 15) is 4.79 Å². The number of morpholine rings is 1. The molecule has 1 saturated heterocycles. The lowest BCUT2D eigenvalue weighted by atomic mass is 10.2. The van der Waals surface area contributed by atoms with Crippen LogP contribution in [0, 0.1) is 0 Å². The van der Waals surface area contributed by atoms with Crippen molar-refractivity contribution in [3.05, 3.63) is 0 Å². The van der Waals surface area contributed by atoms with Crippen molar-refractivity contribution in [2.75, 3.05) is 32.8 Å². The fourth-order valence-corrected chi connectivity index (χ4v) is 1.51. The first-order chi connectivity index (χ1) is 6.33. The number of carbonyl (C=O) groups excluding carboxylic acids is 1. The highest BCUT2D eigenvalue weighted by molar-refractivity contribution is 5.78. The molecule has 3 nitrogen and oxygen atoms in total. The van der Waals surface area contributed by atoms with E-state index in [1.807, 2.05) is 6.92 Å². The van der Waals surface area contributed by atoms with E-state index in [0.717, 1.165) is 45.7 Å². The van der Waals surface area contributed by atoms with Gasteiger partial charge in [-0.2, -0.15) is 0 Å². The summed E-state index contributed by atoms with van der Waals surface area (Å²) in [4.78, 5) is 13.5. The topological polar surface area (TPSA) is 29.5 Å². The van der Waals surface area contributed by atoms with Crippen LogP contribution in [0.3, 0.4) is 0 Å². The van der Waals surface area contributed by atoms with Crippen molar-refractivity contribution in [1.82, 2.24) is 4.90 Å². The molecule has 0 amide bonds. The van der Waals surface area contributed by atoms with Gasteiger partial charge in [0.2, 0.25) is 0 Å². The molecule has 1 fully saturated rings. The van der Waals surface area contributed by atoms with E-state index < -0.39 is 0 Å². The van der Waals surface area contributed by atoms with Crippen LogP contribution in [0.1, 0.15) is 26.2 Å². The predicted molar refractivity (Wildman–Crippen MR) is 51.8 cm³/mol. The molecule has 0 aromatic carbocycles. The molecule has 1 heterocycles. The first-order valence-electron chi connectivity index (χ1n) is 5.14. The van der Waals surface area contributed by atoms with Crippen LogP contribution in [0.5, 0.6) is 0 Å². The minimum absolute atomic E-state index is 0.397. The molecule has 0 aromatic rings. The van der Waals surface area contributed by atoms with Gasteiger partial charge in [-0.15, -0.1) is 0 Å². The molecular weight excluding hydrogens is 166 g/mol. The Morgan fingerprint density at radius 2 is 2.00 bits per heavy atom. The lowest BCUT2D eigenvalue weighted by Crippen LogP contribution is -2.37. The zero-order chi connectivity index (χ0) is 9.52. The van der Waals surface area contributed by atoms with Crippen molar-refractivity contribution < 1.29 is 9.53 Å². The van der Waals surface area contributed by atoms with Crippen LogP contribution < -0.4 is 0 Å². The van der Waals surface area contributed by atoms with Gasteiger partial charge in [0.15, 0.2) is 0 Å². The lowest BCUT2D eigenvalue weighted by molar-refractivity contribution is -0.119. The number of nitrogens with zero attached hydrogens (tertiary/aromatic N) is 1. The Labute approximate surface area is 80.1 Å². The van der Waals surface area contributed by atoms with Crippen LogP contribution in [0.2, 0.25) is 0 Å². The number of ether oxygens (including phenoxy) is 1. The second-order valence-corrected chi connectivity index (χ2v) is 3.49. The van der Waals surface area contributed by atoms with Gasteiger partial charge in [-0.3, -0.25) is 9.69 Å². The van der Waals surface area contributed by atoms with Crippen molar-refractivity contribution >= 4 is 5.78 Å². The fraction of sp³-hybridized carbons (Fsp3) is 0.900. The molecule has 0 aliphatic carbocycles. The molecule has 1 rings (SSSR count). The van der Waals surface area contributed by atoms with Crippen LogP contribution in [0.25, 0.3) is 0 Å². The number of hydrogen-bond donors (Lipinski definition) is 0. The van der Waals surface area contributed by atoms with Crippen molar-refractivity contribution in [2.45, 2.75) is 26.2 Å². The van der Waals surface area contributed by atoms with Crippen LogP contribution in [-0.4, -0.2) is 43.5 Å². The zero-order valence-corrected chi connectivity index (χ0v) is 8.42. The van der Waals surface area contributed by atoms with Gasteiger partial charge in [-0.1, -0.05) is 6.92 Å². The molecule has 0 spiro atoms. The minimum Gasteiger partial charge on any atom is -0.379 e.